The molecule has 1 N–H and O–H groups in total. The fourth-order valence-corrected chi connectivity index (χ4v) is 5.66. The van der Waals surface area contributed by atoms with Crippen molar-refractivity contribution in [1.29, 1.82) is 0 Å². The maximum atomic E-state index is 13.0. The van der Waals surface area contributed by atoms with Crippen LogP contribution in [0.3, 0.4) is 0 Å². The summed E-state index contributed by atoms with van der Waals surface area (Å²) in [5.74, 6) is -0.303. The Morgan fingerprint density at radius 2 is 1.82 bits per heavy atom. The van der Waals surface area contributed by atoms with Gasteiger partial charge in [0, 0.05) is 33.2 Å². The highest BCUT2D eigenvalue weighted by Crippen LogP contribution is 2.35. The Morgan fingerprint density at radius 1 is 1.09 bits per heavy atom. The van der Waals surface area contributed by atoms with Crippen molar-refractivity contribution >= 4 is 61.7 Å². The van der Waals surface area contributed by atoms with Crippen molar-refractivity contribution in [2.24, 2.45) is 0 Å². The largest absolute Gasteiger partial charge is 0.352 e. The van der Waals surface area contributed by atoms with E-state index in [4.69, 9.17) is 0 Å². The molecule has 0 bridgehead atoms. The first-order valence-electron chi connectivity index (χ1n) is 11.3. The van der Waals surface area contributed by atoms with E-state index >= 15 is 0 Å². The van der Waals surface area contributed by atoms with Crippen LogP contribution in [-0.4, -0.2) is 32.6 Å². The van der Waals surface area contributed by atoms with E-state index in [0.717, 1.165) is 51.1 Å². The summed E-state index contributed by atoms with van der Waals surface area (Å²) < 4.78 is 2.86. The van der Waals surface area contributed by atoms with Crippen LogP contribution < -0.4 is 5.32 Å². The molecule has 1 aliphatic carbocycles. The second-order valence-corrected chi connectivity index (χ2v) is 10.6. The quantitative estimate of drug-likeness (QED) is 0.409. The Labute approximate surface area is 210 Å². The fraction of sp³-hybridized carbons (Fsp3) is 0.269. The first-order valence-corrected chi connectivity index (χ1v) is 13.0. The van der Waals surface area contributed by atoms with Crippen molar-refractivity contribution in [1.82, 2.24) is 14.8 Å². The number of hydrogen-bond acceptors (Lipinski definition) is 4. The number of carbonyl (C=O) groups excluding carboxylic acids is 3. The summed E-state index contributed by atoms with van der Waals surface area (Å²) in [6.07, 6.45) is 8.07. The first kappa shape index (κ1) is 22.9. The lowest BCUT2D eigenvalue weighted by Crippen LogP contribution is -2.35. The van der Waals surface area contributed by atoms with Crippen LogP contribution in [0.2, 0.25) is 0 Å². The molecule has 2 fully saturated rings. The van der Waals surface area contributed by atoms with Crippen LogP contribution in [0.1, 0.15) is 36.8 Å². The van der Waals surface area contributed by atoms with Gasteiger partial charge in [0.05, 0.1) is 11.4 Å². The number of thioether (sulfide) groups is 1. The zero-order chi connectivity index (χ0) is 23.7. The maximum Gasteiger partial charge on any atom is 0.293 e. The van der Waals surface area contributed by atoms with Crippen LogP contribution >= 0.6 is 27.7 Å². The predicted octanol–water partition coefficient (Wildman–Crippen LogP) is 5.70. The van der Waals surface area contributed by atoms with Gasteiger partial charge in [0.2, 0.25) is 5.91 Å². The van der Waals surface area contributed by atoms with Gasteiger partial charge in [-0.2, -0.15) is 0 Å². The van der Waals surface area contributed by atoms with E-state index in [1.165, 1.54) is 17.7 Å². The molecule has 1 aliphatic heterocycles. The SMILES string of the molecule is O=C(Cn1cc(/C=C2\SC(=O)N(Cc3ccc(Br)cc3)C2=O)c2ccccc21)NC1CCCC1. The third kappa shape index (κ3) is 4.83. The molecule has 8 heteroatoms. The number of benzene rings is 2. The first-order chi connectivity index (χ1) is 16.5. The number of halogens is 1. The highest BCUT2D eigenvalue weighted by molar-refractivity contribution is 9.10. The molecule has 0 radical (unpaired) electrons. The van der Waals surface area contributed by atoms with Crippen molar-refractivity contribution in [3.63, 3.8) is 0 Å². The van der Waals surface area contributed by atoms with Gasteiger partial charge in [-0.05, 0) is 54.4 Å². The molecular formula is C26H24BrN3O3S. The number of imide groups is 1. The number of aromatic nitrogens is 1. The van der Waals surface area contributed by atoms with Crippen LogP contribution in [-0.2, 0) is 22.7 Å². The van der Waals surface area contributed by atoms with Crippen molar-refractivity contribution in [3.05, 3.63) is 75.2 Å². The molecule has 0 spiro atoms. The Hall–Kier alpha value is -2.84. The fourth-order valence-electron chi connectivity index (χ4n) is 4.57. The maximum absolute atomic E-state index is 13.0. The van der Waals surface area contributed by atoms with Crippen LogP contribution in [0.15, 0.2) is 64.1 Å². The van der Waals surface area contributed by atoms with Crippen LogP contribution in [0.5, 0.6) is 0 Å². The number of fused-ring (bicyclic) bond motifs is 1. The van der Waals surface area contributed by atoms with E-state index in [1.54, 1.807) is 6.08 Å². The summed E-state index contributed by atoms with van der Waals surface area (Å²) in [5.41, 5.74) is 2.62. The average Bonchev–Trinajstić information content (AvgIpc) is 3.52. The van der Waals surface area contributed by atoms with Gasteiger partial charge in [-0.3, -0.25) is 19.3 Å². The van der Waals surface area contributed by atoms with Gasteiger partial charge in [0.1, 0.15) is 6.54 Å². The molecule has 2 aliphatic rings. The van der Waals surface area contributed by atoms with E-state index in [-0.39, 0.29) is 36.2 Å². The molecule has 34 heavy (non-hydrogen) atoms. The summed E-state index contributed by atoms with van der Waals surface area (Å²) in [5, 5.41) is 3.79. The van der Waals surface area contributed by atoms with Gasteiger partial charge in [-0.25, -0.2) is 0 Å². The zero-order valence-corrected chi connectivity index (χ0v) is 20.9. The second kappa shape index (κ2) is 9.80. The van der Waals surface area contributed by atoms with E-state index in [0.29, 0.717) is 4.91 Å². The molecule has 6 nitrogen and oxygen atoms in total. The van der Waals surface area contributed by atoms with Gasteiger partial charge in [0.25, 0.3) is 11.1 Å². The molecule has 1 saturated heterocycles. The smallest absolute Gasteiger partial charge is 0.293 e. The summed E-state index contributed by atoms with van der Waals surface area (Å²) in [6.45, 7) is 0.453. The molecule has 5 rings (SSSR count). The standard InChI is InChI=1S/C26H24BrN3O3S/c27-19-11-9-17(10-12-19)14-30-25(32)23(34-26(30)33)13-18-15-29(22-8-4-3-7-21(18)22)16-24(31)28-20-5-1-2-6-20/h3-4,7-13,15,20H,1-2,5-6,14,16H2,(H,28,31)/b23-13-. The van der Waals surface area contributed by atoms with Crippen molar-refractivity contribution in [2.75, 3.05) is 0 Å². The highest BCUT2D eigenvalue weighted by Gasteiger charge is 2.35. The number of para-hydroxylation sites is 1. The van der Waals surface area contributed by atoms with E-state index in [2.05, 4.69) is 21.2 Å². The average molecular weight is 538 g/mol. The van der Waals surface area contributed by atoms with Crippen molar-refractivity contribution in [2.45, 2.75) is 44.8 Å². The summed E-state index contributed by atoms with van der Waals surface area (Å²) in [4.78, 5) is 39.9. The molecular weight excluding hydrogens is 514 g/mol. The van der Waals surface area contributed by atoms with Crippen LogP contribution in [0.4, 0.5) is 4.79 Å². The van der Waals surface area contributed by atoms with Gasteiger partial charge >= 0.3 is 0 Å². The Balaban J connectivity index is 1.38. The van der Waals surface area contributed by atoms with Crippen molar-refractivity contribution in [3.8, 4) is 0 Å². The lowest BCUT2D eigenvalue weighted by molar-refractivity contribution is -0.123. The van der Waals surface area contributed by atoms with Crippen LogP contribution in [0.25, 0.3) is 17.0 Å². The van der Waals surface area contributed by atoms with Crippen LogP contribution in [0, 0.1) is 0 Å². The predicted molar refractivity (Wildman–Crippen MR) is 138 cm³/mol. The molecule has 1 saturated carbocycles. The van der Waals surface area contributed by atoms with Gasteiger partial charge in [0.15, 0.2) is 0 Å². The molecule has 174 valence electrons. The molecule has 0 unspecified atom stereocenters. The third-order valence-electron chi connectivity index (χ3n) is 6.27. The van der Waals surface area contributed by atoms with Gasteiger partial charge < -0.3 is 9.88 Å². The normalized spacial score (nSPS) is 17.9. The highest BCUT2D eigenvalue weighted by atomic mass is 79.9. The van der Waals surface area contributed by atoms with E-state index in [9.17, 15) is 14.4 Å². The molecule has 2 heterocycles. The minimum atomic E-state index is -0.297. The summed E-state index contributed by atoms with van der Waals surface area (Å²) >= 11 is 4.35. The third-order valence-corrected chi connectivity index (χ3v) is 7.70. The van der Waals surface area contributed by atoms with E-state index in [1.807, 2.05) is 59.3 Å². The Bertz CT molecular complexity index is 1290. The number of amides is 3. The summed E-state index contributed by atoms with van der Waals surface area (Å²) in [6, 6.07) is 15.6. The number of carbonyl (C=O) groups is 3. The number of rotatable bonds is 6. The van der Waals surface area contributed by atoms with Gasteiger partial charge in [-0.1, -0.05) is 59.1 Å². The Morgan fingerprint density at radius 3 is 2.59 bits per heavy atom. The molecule has 0 atom stereocenters. The molecule has 2 aromatic carbocycles. The number of nitrogens with zero attached hydrogens (tertiary/aromatic N) is 2. The lowest BCUT2D eigenvalue weighted by atomic mass is 10.1. The molecule has 3 aromatic rings. The minimum absolute atomic E-state index is 0.00553. The number of hydrogen-bond donors (Lipinski definition) is 1. The van der Waals surface area contributed by atoms with Gasteiger partial charge in [-0.15, -0.1) is 0 Å². The number of nitrogens with one attached hydrogen (secondary N) is 1. The van der Waals surface area contributed by atoms with E-state index < -0.39 is 0 Å². The molecule has 3 amide bonds. The Kier molecular flexibility index (Phi) is 6.61. The molecule has 1 aromatic heterocycles. The topological polar surface area (TPSA) is 71.4 Å². The summed E-state index contributed by atoms with van der Waals surface area (Å²) in [7, 11) is 0. The zero-order valence-electron chi connectivity index (χ0n) is 18.5. The monoisotopic (exact) mass is 537 g/mol. The second-order valence-electron chi connectivity index (χ2n) is 8.67. The lowest BCUT2D eigenvalue weighted by Gasteiger charge is -2.12. The van der Waals surface area contributed by atoms with Crippen molar-refractivity contribution < 1.29 is 14.4 Å². The minimum Gasteiger partial charge on any atom is -0.352 e.